The predicted octanol–water partition coefficient (Wildman–Crippen LogP) is 0.308. The topological polar surface area (TPSA) is 27.1 Å². The Morgan fingerprint density at radius 1 is 1.60 bits per heavy atom. The summed E-state index contributed by atoms with van der Waals surface area (Å²) in [7, 11) is 3.90. The molecule has 0 radical (unpaired) electrons. The summed E-state index contributed by atoms with van der Waals surface area (Å²) >= 11 is -0.855. The van der Waals surface area contributed by atoms with Crippen LogP contribution in [0.5, 0.6) is 0 Å². The normalized spacial score (nSPS) is 8.60. The summed E-state index contributed by atoms with van der Waals surface area (Å²) in [5.41, 5.74) is 0. The Bertz CT molecular complexity index is 34.6. The van der Waals surface area contributed by atoms with E-state index in [0.29, 0.717) is 0 Å². The van der Waals surface area contributed by atoms with Crippen molar-refractivity contribution in [3.63, 3.8) is 0 Å². The van der Waals surface area contributed by atoms with Crippen LogP contribution in [0, 0.1) is 3.76 Å². The molecule has 30 valence electrons. The number of nitrogens with zero attached hydrogens (tertiary/aromatic N) is 1. The zero-order valence-corrected chi connectivity index (χ0v) is 6.61. The fourth-order valence-electron chi connectivity index (χ4n) is 0. The molecule has 0 rings (SSSR count). The molecule has 0 aliphatic carbocycles. The Kier molecular flexibility index (Phi) is 2.99. The fourth-order valence-corrected chi connectivity index (χ4v) is 0. The predicted molar refractivity (Wildman–Crippen MR) is 16.4 cm³/mol. The third kappa shape index (κ3) is 4.50. The molecule has 0 aliphatic rings. The molecule has 0 saturated heterocycles. The molecular weight excluding hydrogens is 233 g/mol. The summed E-state index contributed by atoms with van der Waals surface area (Å²) in [6.07, 6.45) is 0. The van der Waals surface area contributed by atoms with E-state index in [-0.39, 0.29) is 0 Å². The molecule has 0 aromatic heterocycles. The van der Waals surface area contributed by atoms with Crippen LogP contribution in [0.15, 0.2) is 0 Å². The Balaban J connectivity index is 2.83. The van der Waals surface area contributed by atoms with Gasteiger partial charge in [0.25, 0.3) is 0 Å². The zero-order chi connectivity index (χ0) is 4.28. The summed E-state index contributed by atoms with van der Waals surface area (Å²) < 4.78 is 8.74. The average Bonchev–Trinajstić information content (AvgIpc) is 1.38. The molecule has 3 heteroatoms. The molecule has 0 amide bonds. The van der Waals surface area contributed by atoms with Gasteiger partial charge in [0.1, 0.15) is 0 Å². The summed E-state index contributed by atoms with van der Waals surface area (Å²) in [5.74, 6) is 0. The van der Waals surface area contributed by atoms with E-state index in [1.54, 1.807) is 0 Å². The molecule has 0 aromatic carbocycles. The van der Waals surface area contributed by atoms with Gasteiger partial charge in [-0.2, -0.15) is 0 Å². The summed E-state index contributed by atoms with van der Waals surface area (Å²) in [4.78, 5) is 0. The minimum absolute atomic E-state index is 0.855. The van der Waals surface area contributed by atoms with Gasteiger partial charge in [-0.15, -0.1) is 0 Å². The Hall–Kier alpha value is 0.500. The van der Waals surface area contributed by atoms with Gasteiger partial charge in [-0.1, -0.05) is 0 Å². The second-order valence-electron chi connectivity index (χ2n) is 0.947. The molecule has 5 heavy (non-hydrogen) atoms. The van der Waals surface area contributed by atoms with Crippen LogP contribution in [0.3, 0.4) is 0 Å². The molecule has 0 saturated carbocycles. The summed E-state index contributed by atoms with van der Waals surface area (Å²) in [6.45, 7) is 0. The quantitative estimate of drug-likeness (QED) is 0.701. The molecule has 1 N–H and O–H groups in total. The van der Waals surface area contributed by atoms with Crippen molar-refractivity contribution < 1.29 is 19.8 Å². The Labute approximate surface area is 41.5 Å². The Morgan fingerprint density at radius 3 is 1.80 bits per heavy atom. The number of hydrogen-bond acceptors (Lipinski definition) is 1. The van der Waals surface area contributed by atoms with Crippen molar-refractivity contribution in [1.82, 2.24) is 3.30 Å². The van der Waals surface area contributed by atoms with Crippen molar-refractivity contribution in [3.8, 4) is 0 Å². The van der Waals surface area contributed by atoms with Crippen molar-refractivity contribution >= 4 is 0 Å². The number of hydrogen-bond donors (Lipinski definition) is 1. The van der Waals surface area contributed by atoms with Gasteiger partial charge in [0, 0.05) is 0 Å². The van der Waals surface area contributed by atoms with Crippen LogP contribution in [-0.2, 0) is 19.8 Å². The molecule has 0 spiro atoms. The first-order chi connectivity index (χ1) is 2.27. The average molecular weight is 240 g/mol. The van der Waals surface area contributed by atoms with Crippen LogP contribution < -0.4 is 0 Å². The molecule has 0 fully saturated rings. The van der Waals surface area contributed by atoms with Crippen molar-refractivity contribution in [2.24, 2.45) is 0 Å². The van der Waals surface area contributed by atoms with Crippen LogP contribution in [0.25, 0.3) is 0 Å². The molecule has 0 aliphatic heterocycles. The first-order valence-electron chi connectivity index (χ1n) is 1.32. The van der Waals surface area contributed by atoms with Gasteiger partial charge in [0.2, 0.25) is 0 Å². The number of rotatable bonds is 1. The third-order valence-electron chi connectivity index (χ3n) is 0.200. The third-order valence-corrected chi connectivity index (χ3v) is 1.64. The molecule has 0 unspecified atom stereocenters. The van der Waals surface area contributed by atoms with Crippen LogP contribution in [0.4, 0.5) is 0 Å². The van der Waals surface area contributed by atoms with Crippen LogP contribution >= 0.6 is 0 Å². The van der Waals surface area contributed by atoms with E-state index in [4.69, 9.17) is 3.76 Å². The van der Waals surface area contributed by atoms with E-state index in [0.717, 1.165) is 0 Å². The van der Waals surface area contributed by atoms with E-state index in [2.05, 4.69) is 0 Å². The van der Waals surface area contributed by atoms with Crippen LogP contribution in [0.1, 0.15) is 0 Å². The van der Waals surface area contributed by atoms with Gasteiger partial charge in [-0.3, -0.25) is 0 Å². The first kappa shape index (κ1) is 5.50. The van der Waals surface area contributed by atoms with Crippen molar-refractivity contribution in [2.75, 3.05) is 14.1 Å². The molecular formula is C2H7N2Ta. The van der Waals surface area contributed by atoms with E-state index in [1.807, 2.05) is 17.4 Å². The van der Waals surface area contributed by atoms with Crippen molar-refractivity contribution in [1.29, 1.82) is 3.76 Å². The molecule has 0 bridgehead atoms. The minimum atomic E-state index is -0.855. The van der Waals surface area contributed by atoms with E-state index >= 15 is 0 Å². The maximum atomic E-state index is 6.76. The van der Waals surface area contributed by atoms with Crippen molar-refractivity contribution in [3.05, 3.63) is 0 Å². The van der Waals surface area contributed by atoms with Crippen molar-refractivity contribution in [2.45, 2.75) is 0 Å². The summed E-state index contributed by atoms with van der Waals surface area (Å²) in [6, 6.07) is 0. The zero-order valence-electron chi connectivity index (χ0n) is 3.39. The SMILES string of the molecule is C[N](C)[Ta]=[NH]. The van der Waals surface area contributed by atoms with E-state index in [1.165, 1.54) is 0 Å². The monoisotopic (exact) mass is 240 g/mol. The van der Waals surface area contributed by atoms with Gasteiger partial charge >= 0.3 is 41.0 Å². The van der Waals surface area contributed by atoms with Gasteiger partial charge in [0.05, 0.1) is 0 Å². The first-order valence-corrected chi connectivity index (χ1v) is 4.36. The Morgan fingerprint density at radius 2 is 1.80 bits per heavy atom. The van der Waals surface area contributed by atoms with E-state index in [9.17, 15) is 0 Å². The fraction of sp³-hybridized carbons (Fsp3) is 1.00. The van der Waals surface area contributed by atoms with Gasteiger partial charge in [0.15, 0.2) is 0 Å². The van der Waals surface area contributed by atoms with Gasteiger partial charge < -0.3 is 0 Å². The second-order valence-corrected chi connectivity index (χ2v) is 4.54. The number of nitrogens with one attached hydrogen (secondary N) is 1. The van der Waals surface area contributed by atoms with Gasteiger partial charge in [-0.25, -0.2) is 0 Å². The standard InChI is InChI=1S/C2H6N.HN.Ta/c1-3-2;;/h1-2H3;1H;/q-1;;+1. The maximum absolute atomic E-state index is 6.76. The van der Waals surface area contributed by atoms with Crippen LogP contribution in [-0.4, -0.2) is 17.4 Å². The molecule has 0 atom stereocenters. The van der Waals surface area contributed by atoms with E-state index < -0.39 is 19.8 Å². The molecule has 0 aromatic rings. The van der Waals surface area contributed by atoms with Gasteiger partial charge in [-0.05, 0) is 0 Å². The summed E-state index contributed by atoms with van der Waals surface area (Å²) in [5, 5.41) is 0. The second kappa shape index (κ2) is 2.72. The van der Waals surface area contributed by atoms with Crippen LogP contribution in [0.2, 0.25) is 0 Å². The molecule has 0 heterocycles. The molecule has 2 nitrogen and oxygen atoms in total.